The van der Waals surface area contributed by atoms with Crippen LogP contribution in [0.4, 0.5) is 0 Å². The molecule has 1 atom stereocenters. The van der Waals surface area contributed by atoms with Crippen molar-refractivity contribution >= 4 is 17.7 Å². The summed E-state index contributed by atoms with van der Waals surface area (Å²) < 4.78 is 0. The fourth-order valence-corrected chi connectivity index (χ4v) is 0.730. The van der Waals surface area contributed by atoms with E-state index in [1.165, 1.54) is 6.92 Å². The van der Waals surface area contributed by atoms with Crippen molar-refractivity contribution in [3.05, 3.63) is 0 Å². The summed E-state index contributed by atoms with van der Waals surface area (Å²) in [5, 5.41) is 11.3. The number of aliphatic hydroxyl groups excluding tert-OH is 1. The van der Waals surface area contributed by atoms with E-state index in [1.54, 1.807) is 11.8 Å². The Kier molecular flexibility index (Phi) is 5.43. The van der Waals surface area contributed by atoms with Gasteiger partial charge in [-0.25, -0.2) is 0 Å². The highest BCUT2D eigenvalue weighted by molar-refractivity contribution is 7.98. The van der Waals surface area contributed by atoms with E-state index in [0.717, 1.165) is 5.75 Å². The van der Waals surface area contributed by atoms with Crippen LogP contribution in [0, 0.1) is 0 Å². The summed E-state index contributed by atoms with van der Waals surface area (Å²) in [6.45, 7) is 2.08. The topological polar surface area (TPSA) is 49.3 Å². The van der Waals surface area contributed by atoms with Crippen LogP contribution in [0.5, 0.6) is 0 Å². The van der Waals surface area contributed by atoms with Crippen molar-refractivity contribution in [2.45, 2.75) is 13.0 Å². The van der Waals surface area contributed by atoms with Crippen molar-refractivity contribution in [1.29, 1.82) is 0 Å². The number of aliphatic hydroxyl groups is 1. The lowest BCUT2D eigenvalue weighted by Gasteiger charge is -2.04. The van der Waals surface area contributed by atoms with Gasteiger partial charge >= 0.3 is 0 Å². The number of thioether (sulfide) groups is 1. The molecule has 0 bridgehead atoms. The highest BCUT2D eigenvalue weighted by Crippen LogP contribution is 1.87. The fraction of sp³-hybridized carbons (Fsp3) is 0.833. The molecule has 10 heavy (non-hydrogen) atoms. The van der Waals surface area contributed by atoms with Gasteiger partial charge in [0.1, 0.15) is 6.10 Å². The molecule has 4 heteroatoms. The lowest BCUT2D eigenvalue weighted by Crippen LogP contribution is -2.33. The number of hydrogen-bond acceptors (Lipinski definition) is 3. The minimum atomic E-state index is -0.887. The molecule has 0 aliphatic carbocycles. The van der Waals surface area contributed by atoms with E-state index in [4.69, 9.17) is 5.11 Å². The molecule has 1 amide bonds. The molecule has 0 unspecified atom stereocenters. The molecule has 0 aromatic heterocycles. The maximum atomic E-state index is 10.6. The first-order valence-electron chi connectivity index (χ1n) is 3.13. The average molecular weight is 163 g/mol. The van der Waals surface area contributed by atoms with Gasteiger partial charge in [-0.1, -0.05) is 0 Å². The third-order valence-electron chi connectivity index (χ3n) is 0.985. The van der Waals surface area contributed by atoms with Gasteiger partial charge in [0, 0.05) is 12.3 Å². The third kappa shape index (κ3) is 4.64. The average Bonchev–Trinajstić information content (AvgIpc) is 1.88. The highest BCUT2D eigenvalue weighted by atomic mass is 32.2. The number of rotatable bonds is 4. The van der Waals surface area contributed by atoms with Crippen LogP contribution >= 0.6 is 11.8 Å². The first kappa shape index (κ1) is 9.78. The molecule has 0 saturated heterocycles. The molecular weight excluding hydrogens is 150 g/mol. The van der Waals surface area contributed by atoms with Crippen molar-refractivity contribution in [3.8, 4) is 0 Å². The van der Waals surface area contributed by atoms with Crippen LogP contribution in [0.2, 0.25) is 0 Å². The molecule has 0 aromatic rings. The molecule has 0 fully saturated rings. The van der Waals surface area contributed by atoms with E-state index in [2.05, 4.69) is 5.32 Å². The van der Waals surface area contributed by atoms with Crippen molar-refractivity contribution in [2.24, 2.45) is 0 Å². The lowest BCUT2D eigenvalue weighted by molar-refractivity contribution is -0.128. The summed E-state index contributed by atoms with van der Waals surface area (Å²) in [6.07, 6.45) is 1.08. The minimum absolute atomic E-state index is 0.297. The van der Waals surface area contributed by atoms with Gasteiger partial charge in [0.15, 0.2) is 0 Å². The molecule has 3 nitrogen and oxygen atoms in total. The molecule has 2 N–H and O–H groups in total. The predicted octanol–water partition coefficient (Wildman–Crippen LogP) is -0.154. The van der Waals surface area contributed by atoms with Crippen LogP contribution in [0.15, 0.2) is 0 Å². The molecule has 0 aromatic carbocycles. The van der Waals surface area contributed by atoms with Gasteiger partial charge in [-0.15, -0.1) is 0 Å². The van der Waals surface area contributed by atoms with E-state index in [1.807, 2.05) is 6.26 Å². The molecule has 0 radical (unpaired) electrons. The Morgan fingerprint density at radius 1 is 1.80 bits per heavy atom. The lowest BCUT2D eigenvalue weighted by atomic mass is 10.4. The second-order valence-corrected chi connectivity index (χ2v) is 2.95. The maximum absolute atomic E-state index is 10.6. The largest absolute Gasteiger partial charge is 0.384 e. The quantitative estimate of drug-likeness (QED) is 0.566. The van der Waals surface area contributed by atoms with E-state index in [0.29, 0.717) is 6.54 Å². The van der Waals surface area contributed by atoms with Gasteiger partial charge in [0.05, 0.1) is 0 Å². The van der Waals surface area contributed by atoms with Crippen LogP contribution in [0.25, 0.3) is 0 Å². The van der Waals surface area contributed by atoms with Gasteiger partial charge in [0.25, 0.3) is 0 Å². The molecule has 0 aliphatic heterocycles. The summed E-state index contributed by atoms with van der Waals surface area (Å²) in [5.41, 5.74) is 0. The van der Waals surface area contributed by atoms with E-state index in [9.17, 15) is 4.79 Å². The second-order valence-electron chi connectivity index (χ2n) is 1.96. The summed E-state index contributed by atoms with van der Waals surface area (Å²) in [5.74, 6) is 0.590. The maximum Gasteiger partial charge on any atom is 0.248 e. The molecule has 0 heterocycles. The minimum Gasteiger partial charge on any atom is -0.384 e. The van der Waals surface area contributed by atoms with Crippen LogP contribution in [-0.4, -0.2) is 35.7 Å². The molecule has 0 aliphatic rings. The van der Waals surface area contributed by atoms with Crippen LogP contribution in [0.1, 0.15) is 6.92 Å². The van der Waals surface area contributed by atoms with Crippen LogP contribution in [-0.2, 0) is 4.79 Å². The zero-order valence-electron chi connectivity index (χ0n) is 6.26. The molecular formula is C6H13NO2S. The Bertz CT molecular complexity index is 106. The van der Waals surface area contributed by atoms with Gasteiger partial charge < -0.3 is 10.4 Å². The first-order valence-corrected chi connectivity index (χ1v) is 4.52. The summed E-state index contributed by atoms with van der Waals surface area (Å²) >= 11 is 1.66. The number of amides is 1. The highest BCUT2D eigenvalue weighted by Gasteiger charge is 2.05. The Morgan fingerprint density at radius 3 is 2.80 bits per heavy atom. The van der Waals surface area contributed by atoms with Crippen LogP contribution < -0.4 is 5.32 Å². The zero-order valence-corrected chi connectivity index (χ0v) is 7.07. The van der Waals surface area contributed by atoms with Gasteiger partial charge in [-0.05, 0) is 13.2 Å². The second kappa shape index (κ2) is 5.56. The van der Waals surface area contributed by atoms with Gasteiger partial charge in [-0.3, -0.25) is 4.79 Å². The molecule has 0 rings (SSSR count). The van der Waals surface area contributed by atoms with Crippen molar-refractivity contribution in [2.75, 3.05) is 18.6 Å². The van der Waals surface area contributed by atoms with E-state index in [-0.39, 0.29) is 5.91 Å². The Morgan fingerprint density at radius 2 is 2.40 bits per heavy atom. The molecule has 60 valence electrons. The smallest absolute Gasteiger partial charge is 0.248 e. The summed E-state index contributed by atoms with van der Waals surface area (Å²) in [4.78, 5) is 10.6. The van der Waals surface area contributed by atoms with Crippen molar-refractivity contribution in [3.63, 3.8) is 0 Å². The predicted molar refractivity (Wildman–Crippen MR) is 43.1 cm³/mol. The number of carbonyl (C=O) groups is 1. The first-order chi connectivity index (χ1) is 4.68. The van der Waals surface area contributed by atoms with Crippen LogP contribution in [0.3, 0.4) is 0 Å². The number of carbonyl (C=O) groups excluding carboxylic acids is 1. The zero-order chi connectivity index (χ0) is 7.98. The summed E-state index contributed by atoms with van der Waals surface area (Å²) in [6, 6.07) is 0. The van der Waals surface area contributed by atoms with E-state index >= 15 is 0 Å². The van der Waals surface area contributed by atoms with E-state index < -0.39 is 6.10 Å². The molecule has 0 saturated carbocycles. The fourth-order valence-electron chi connectivity index (χ4n) is 0.424. The molecule has 0 spiro atoms. The van der Waals surface area contributed by atoms with Gasteiger partial charge in [-0.2, -0.15) is 11.8 Å². The Labute approximate surface area is 65.2 Å². The Balaban J connectivity index is 3.22. The normalized spacial score (nSPS) is 12.7. The number of nitrogens with one attached hydrogen (secondary N) is 1. The monoisotopic (exact) mass is 163 g/mol. The standard InChI is InChI=1S/C6H13NO2S/c1-5(8)6(9)7-3-4-10-2/h5,8H,3-4H2,1-2H3,(H,7,9)/t5-/m0/s1. The summed E-state index contributed by atoms with van der Waals surface area (Å²) in [7, 11) is 0. The SMILES string of the molecule is CSCCNC(=O)[C@H](C)O. The third-order valence-corrected chi connectivity index (χ3v) is 1.60. The number of hydrogen-bond donors (Lipinski definition) is 2. The van der Waals surface area contributed by atoms with Crippen molar-refractivity contribution < 1.29 is 9.90 Å². The van der Waals surface area contributed by atoms with Gasteiger partial charge in [0.2, 0.25) is 5.91 Å². The Hall–Kier alpha value is -0.220. The van der Waals surface area contributed by atoms with Crippen molar-refractivity contribution in [1.82, 2.24) is 5.32 Å².